The van der Waals surface area contributed by atoms with Gasteiger partial charge in [-0.05, 0) is 89.9 Å². The standard InChI is InChI=1S/C61H108O9/c1-3-5-7-9-11-13-15-17-19-21-23-25-26-27-28-29-31-33-35-37-39-41-43-45-47-49-51-67-53-55(54-68-61-60(66)59(65)58(64)56(52-62)70-61)69-57(63)50-48-46-44-42-40-38-36-34-32-30-24-22-20-18-16-14-12-10-8-6-4-2/h15-18,21-24,26-27,32,34,55-56,58-62,64-66H,3-14,19-20,25,28-31,33,35-54H2,1-2H3/b17-15-,18-16-,23-21-,24-22-,27-26-,34-32-. The molecule has 1 saturated heterocycles. The summed E-state index contributed by atoms with van der Waals surface area (Å²) in [4.78, 5) is 12.9. The van der Waals surface area contributed by atoms with Gasteiger partial charge in [-0.3, -0.25) is 4.79 Å². The van der Waals surface area contributed by atoms with Gasteiger partial charge in [-0.1, -0.05) is 222 Å². The van der Waals surface area contributed by atoms with Gasteiger partial charge in [0, 0.05) is 13.0 Å². The van der Waals surface area contributed by atoms with E-state index in [1.165, 1.54) is 154 Å². The maximum absolute atomic E-state index is 12.9. The zero-order chi connectivity index (χ0) is 50.6. The largest absolute Gasteiger partial charge is 0.457 e. The van der Waals surface area contributed by atoms with Crippen molar-refractivity contribution in [1.29, 1.82) is 0 Å². The van der Waals surface area contributed by atoms with Crippen LogP contribution < -0.4 is 0 Å². The van der Waals surface area contributed by atoms with E-state index in [2.05, 4.69) is 86.8 Å². The van der Waals surface area contributed by atoms with Crippen LogP contribution >= 0.6 is 0 Å². The summed E-state index contributed by atoms with van der Waals surface area (Å²) >= 11 is 0. The molecule has 1 aliphatic heterocycles. The van der Waals surface area contributed by atoms with Gasteiger partial charge in [0.05, 0.1) is 19.8 Å². The molecule has 1 aliphatic rings. The summed E-state index contributed by atoms with van der Waals surface area (Å²) in [6.07, 6.45) is 62.3. The van der Waals surface area contributed by atoms with E-state index in [0.29, 0.717) is 13.0 Å². The van der Waals surface area contributed by atoms with Crippen molar-refractivity contribution >= 4 is 5.97 Å². The van der Waals surface area contributed by atoms with Gasteiger partial charge < -0.3 is 39.4 Å². The predicted octanol–water partition coefficient (Wildman–Crippen LogP) is 15.2. The van der Waals surface area contributed by atoms with E-state index < -0.39 is 43.4 Å². The summed E-state index contributed by atoms with van der Waals surface area (Å²) in [6.45, 7) is 4.53. The van der Waals surface area contributed by atoms with Crippen molar-refractivity contribution in [3.63, 3.8) is 0 Å². The highest BCUT2D eigenvalue weighted by atomic mass is 16.7. The molecule has 1 fully saturated rings. The summed E-state index contributed by atoms with van der Waals surface area (Å²) in [7, 11) is 0. The number of esters is 1. The molecule has 0 spiro atoms. The Hall–Kier alpha value is -2.37. The molecule has 1 rings (SSSR count). The van der Waals surface area contributed by atoms with Crippen molar-refractivity contribution in [2.75, 3.05) is 26.4 Å². The zero-order valence-electron chi connectivity index (χ0n) is 45.0. The Morgan fingerprint density at radius 1 is 0.457 bits per heavy atom. The monoisotopic (exact) mass is 985 g/mol. The highest BCUT2D eigenvalue weighted by Crippen LogP contribution is 2.23. The lowest BCUT2D eigenvalue weighted by molar-refractivity contribution is -0.305. The van der Waals surface area contributed by atoms with Crippen LogP contribution in [-0.2, 0) is 23.7 Å². The summed E-state index contributed by atoms with van der Waals surface area (Å²) < 4.78 is 23.0. The minimum atomic E-state index is -1.54. The highest BCUT2D eigenvalue weighted by molar-refractivity contribution is 5.69. The normalized spacial score (nSPS) is 19.4. The van der Waals surface area contributed by atoms with Gasteiger partial charge in [-0.25, -0.2) is 0 Å². The number of aliphatic hydroxyl groups excluding tert-OH is 4. The molecule has 6 unspecified atom stereocenters. The zero-order valence-corrected chi connectivity index (χ0v) is 45.0. The third-order valence-corrected chi connectivity index (χ3v) is 13.1. The Bertz CT molecular complexity index is 1310. The first-order chi connectivity index (χ1) is 34.4. The van der Waals surface area contributed by atoms with Crippen LogP contribution in [0.1, 0.15) is 245 Å². The smallest absolute Gasteiger partial charge is 0.306 e. The Balaban J connectivity index is 2.17. The quantitative estimate of drug-likeness (QED) is 0.0267. The van der Waals surface area contributed by atoms with Crippen molar-refractivity contribution in [2.45, 2.75) is 282 Å². The minimum Gasteiger partial charge on any atom is -0.457 e. The van der Waals surface area contributed by atoms with Crippen LogP contribution in [0.25, 0.3) is 0 Å². The average Bonchev–Trinajstić information content (AvgIpc) is 3.36. The van der Waals surface area contributed by atoms with Gasteiger partial charge in [-0.15, -0.1) is 0 Å². The topological polar surface area (TPSA) is 135 Å². The molecule has 0 bridgehead atoms. The molecule has 70 heavy (non-hydrogen) atoms. The lowest BCUT2D eigenvalue weighted by Crippen LogP contribution is -2.59. The molecule has 406 valence electrons. The predicted molar refractivity (Wildman–Crippen MR) is 293 cm³/mol. The summed E-state index contributed by atoms with van der Waals surface area (Å²) in [5.41, 5.74) is 0. The fraction of sp³-hybridized carbons (Fsp3) is 0.787. The molecule has 9 heteroatoms. The second-order valence-electron chi connectivity index (χ2n) is 19.7. The molecule has 4 N–H and O–H groups in total. The van der Waals surface area contributed by atoms with E-state index in [9.17, 15) is 25.2 Å². The highest BCUT2D eigenvalue weighted by Gasteiger charge is 2.44. The first-order valence-corrected chi connectivity index (χ1v) is 29.0. The molecule has 1 heterocycles. The van der Waals surface area contributed by atoms with Gasteiger partial charge in [0.1, 0.15) is 30.5 Å². The van der Waals surface area contributed by atoms with Crippen molar-refractivity contribution in [3.8, 4) is 0 Å². The molecule has 0 aromatic carbocycles. The maximum atomic E-state index is 12.9. The first kappa shape index (κ1) is 65.6. The van der Waals surface area contributed by atoms with Crippen molar-refractivity contribution in [1.82, 2.24) is 0 Å². The Morgan fingerprint density at radius 3 is 1.24 bits per heavy atom. The number of aliphatic hydroxyl groups is 4. The molecule has 0 amide bonds. The molecule has 0 aliphatic carbocycles. The number of carbonyl (C=O) groups is 1. The molecular formula is C61H108O9. The fourth-order valence-corrected chi connectivity index (χ4v) is 8.57. The number of carbonyl (C=O) groups excluding carboxylic acids is 1. The van der Waals surface area contributed by atoms with Gasteiger partial charge in [0.2, 0.25) is 0 Å². The average molecular weight is 986 g/mol. The summed E-state index contributed by atoms with van der Waals surface area (Å²) in [5, 5.41) is 40.4. The van der Waals surface area contributed by atoms with Crippen LogP contribution in [0.4, 0.5) is 0 Å². The van der Waals surface area contributed by atoms with Gasteiger partial charge in [-0.2, -0.15) is 0 Å². The van der Waals surface area contributed by atoms with Crippen molar-refractivity contribution in [3.05, 3.63) is 72.9 Å². The Kier molecular flexibility index (Phi) is 48.3. The number of hydrogen-bond donors (Lipinski definition) is 4. The van der Waals surface area contributed by atoms with E-state index in [-0.39, 0.29) is 19.2 Å². The van der Waals surface area contributed by atoms with Gasteiger partial charge in [0.25, 0.3) is 0 Å². The van der Waals surface area contributed by atoms with Gasteiger partial charge in [0.15, 0.2) is 6.29 Å². The van der Waals surface area contributed by atoms with Crippen LogP contribution in [0.15, 0.2) is 72.9 Å². The fourth-order valence-electron chi connectivity index (χ4n) is 8.57. The molecule has 0 saturated carbocycles. The Labute approximate surface area is 429 Å². The SMILES string of the molecule is CCCCCCC/C=C\C/C=C\C/C=C\CCCCCCCCCCCCCOCC(COC1OC(CO)C(O)C(O)C1O)OC(=O)CCCCCCCC/C=C\C/C=C\C/C=C\CCCCCCC. The Morgan fingerprint density at radius 2 is 0.829 bits per heavy atom. The maximum Gasteiger partial charge on any atom is 0.306 e. The number of unbranched alkanes of at least 4 members (excludes halogenated alkanes) is 27. The second kappa shape index (κ2) is 51.5. The van der Waals surface area contributed by atoms with Crippen LogP contribution in [-0.4, -0.2) is 89.6 Å². The number of hydrogen-bond acceptors (Lipinski definition) is 9. The van der Waals surface area contributed by atoms with E-state index in [4.69, 9.17) is 18.9 Å². The van der Waals surface area contributed by atoms with Gasteiger partial charge >= 0.3 is 5.97 Å². The lowest BCUT2D eigenvalue weighted by Gasteiger charge is -2.39. The number of allylic oxidation sites excluding steroid dienone is 12. The molecule has 0 aromatic heterocycles. The third kappa shape index (κ3) is 41.1. The summed E-state index contributed by atoms with van der Waals surface area (Å²) in [6, 6.07) is 0. The van der Waals surface area contributed by atoms with E-state index >= 15 is 0 Å². The van der Waals surface area contributed by atoms with E-state index in [0.717, 1.165) is 70.6 Å². The third-order valence-electron chi connectivity index (χ3n) is 13.1. The number of ether oxygens (including phenoxy) is 4. The van der Waals surface area contributed by atoms with Crippen molar-refractivity contribution < 1.29 is 44.2 Å². The lowest BCUT2D eigenvalue weighted by atomic mass is 9.99. The van der Waals surface area contributed by atoms with E-state index in [1.807, 2.05) is 0 Å². The van der Waals surface area contributed by atoms with Crippen LogP contribution in [0.3, 0.4) is 0 Å². The second-order valence-corrected chi connectivity index (χ2v) is 19.7. The molecule has 0 aromatic rings. The summed E-state index contributed by atoms with van der Waals surface area (Å²) in [5.74, 6) is -0.326. The van der Waals surface area contributed by atoms with Crippen molar-refractivity contribution in [2.24, 2.45) is 0 Å². The van der Waals surface area contributed by atoms with E-state index in [1.54, 1.807) is 0 Å². The molecule has 9 nitrogen and oxygen atoms in total. The minimum absolute atomic E-state index is 0.123. The molecular weight excluding hydrogens is 877 g/mol. The molecule has 0 radical (unpaired) electrons. The van der Waals surface area contributed by atoms with Crippen LogP contribution in [0.2, 0.25) is 0 Å². The molecule has 6 atom stereocenters. The first-order valence-electron chi connectivity index (χ1n) is 29.0. The number of rotatable bonds is 50. The van der Waals surface area contributed by atoms with Crippen LogP contribution in [0, 0.1) is 0 Å². The van der Waals surface area contributed by atoms with Crippen LogP contribution in [0.5, 0.6) is 0 Å².